The number of ether oxygens (including phenoxy) is 6. The van der Waals surface area contributed by atoms with Crippen LogP contribution in [-0.2, 0) is 28.4 Å². The maximum Gasteiger partial charge on any atom is 0.276 e. The Balaban J connectivity index is 1.17. The predicted molar refractivity (Wildman–Crippen MR) is 187 cm³/mol. The standard InChI is InChI=1S/C41H66F2O6/c1-8-44-28(3)49-38(4,5)41(42,43)22-19-27(2)32-17-18-33-31-16-15-29-25-30(47-36-13-9-11-23-45-36)26-35(48-37-14-10-12-24-46-37)40(29,7)34(31)20-21-39(32,33)6/h15-16,27-28,30,32-37H,8-14,17-26H2,1-7H3/t27-,28?,30-,32-,33+,34+,35+,36?,37?,39-,40+/m1/s1. The van der Waals surface area contributed by atoms with Crippen LogP contribution in [0.25, 0.3) is 0 Å². The molecule has 280 valence electrons. The summed E-state index contributed by atoms with van der Waals surface area (Å²) in [5.74, 6) is -1.45. The molecule has 2 aliphatic heterocycles. The molecule has 0 radical (unpaired) electrons. The van der Waals surface area contributed by atoms with Gasteiger partial charge >= 0.3 is 0 Å². The van der Waals surface area contributed by atoms with Crippen LogP contribution in [0.1, 0.15) is 138 Å². The van der Waals surface area contributed by atoms with E-state index in [-0.39, 0.29) is 48.0 Å². The lowest BCUT2D eigenvalue weighted by molar-refractivity contribution is -0.264. The van der Waals surface area contributed by atoms with Crippen molar-refractivity contribution in [1.29, 1.82) is 0 Å². The van der Waals surface area contributed by atoms with Crippen LogP contribution >= 0.6 is 0 Å². The van der Waals surface area contributed by atoms with Gasteiger partial charge in [-0.1, -0.05) is 44.1 Å². The molecule has 4 aliphatic carbocycles. The zero-order valence-corrected chi connectivity index (χ0v) is 31.6. The molecule has 2 heterocycles. The maximum atomic E-state index is 15.6. The van der Waals surface area contributed by atoms with Gasteiger partial charge in [0.25, 0.3) is 5.92 Å². The molecule has 6 nitrogen and oxygen atoms in total. The van der Waals surface area contributed by atoms with Gasteiger partial charge in [-0.2, -0.15) is 0 Å². The number of halogens is 2. The molecule has 11 atom stereocenters. The summed E-state index contributed by atoms with van der Waals surface area (Å²) in [6.45, 7) is 15.7. The molecule has 2 saturated heterocycles. The second-order valence-electron chi connectivity index (χ2n) is 17.3. The summed E-state index contributed by atoms with van der Waals surface area (Å²) in [6, 6.07) is 0. The highest BCUT2D eigenvalue weighted by Crippen LogP contribution is 2.66. The third-order valence-corrected chi connectivity index (χ3v) is 14.0. The van der Waals surface area contributed by atoms with E-state index in [4.69, 9.17) is 28.4 Å². The van der Waals surface area contributed by atoms with Crippen molar-refractivity contribution in [3.8, 4) is 0 Å². The summed E-state index contributed by atoms with van der Waals surface area (Å²) in [5.41, 5.74) is 1.42. The van der Waals surface area contributed by atoms with E-state index in [2.05, 4.69) is 32.9 Å². The molecular weight excluding hydrogens is 626 g/mol. The molecule has 0 aromatic carbocycles. The van der Waals surface area contributed by atoms with E-state index in [1.54, 1.807) is 12.5 Å². The molecule has 0 aromatic heterocycles. The molecular formula is C41H66F2O6. The summed E-state index contributed by atoms with van der Waals surface area (Å²) in [6.07, 6.45) is 17.0. The third-order valence-electron chi connectivity index (χ3n) is 14.0. The summed E-state index contributed by atoms with van der Waals surface area (Å²) in [4.78, 5) is 0. The lowest BCUT2D eigenvalue weighted by atomic mass is 9.49. The first-order chi connectivity index (χ1) is 23.3. The quantitative estimate of drug-likeness (QED) is 0.179. The maximum absolute atomic E-state index is 15.6. The Kier molecular flexibility index (Phi) is 11.8. The minimum atomic E-state index is -2.95. The molecule has 6 rings (SSSR count). The first-order valence-electron chi connectivity index (χ1n) is 19.9. The van der Waals surface area contributed by atoms with Gasteiger partial charge in [-0.3, -0.25) is 0 Å². The lowest BCUT2D eigenvalue weighted by Crippen LogP contribution is -2.55. The predicted octanol–water partition coefficient (Wildman–Crippen LogP) is 10.1. The average molecular weight is 693 g/mol. The van der Waals surface area contributed by atoms with Crippen molar-refractivity contribution in [1.82, 2.24) is 0 Å². The molecule has 6 aliphatic rings. The minimum Gasteiger partial charge on any atom is -0.353 e. The number of hydrogen-bond donors (Lipinski definition) is 0. The zero-order valence-electron chi connectivity index (χ0n) is 31.6. The van der Waals surface area contributed by atoms with Crippen LogP contribution in [0, 0.1) is 34.5 Å². The summed E-state index contributed by atoms with van der Waals surface area (Å²) < 4.78 is 68.2. The van der Waals surface area contributed by atoms with Crippen LogP contribution in [0.5, 0.6) is 0 Å². The Hall–Kier alpha value is -0.900. The van der Waals surface area contributed by atoms with Gasteiger partial charge < -0.3 is 28.4 Å². The first-order valence-corrected chi connectivity index (χ1v) is 19.9. The van der Waals surface area contributed by atoms with Crippen molar-refractivity contribution in [3.05, 3.63) is 23.3 Å². The second-order valence-corrected chi connectivity index (χ2v) is 17.3. The zero-order chi connectivity index (χ0) is 35.0. The van der Waals surface area contributed by atoms with Crippen molar-refractivity contribution in [2.24, 2.45) is 34.5 Å². The van der Waals surface area contributed by atoms with E-state index in [1.807, 2.05) is 6.92 Å². The third kappa shape index (κ3) is 7.62. The molecule has 0 bridgehead atoms. The Labute approximate surface area is 295 Å². The highest BCUT2D eigenvalue weighted by Gasteiger charge is 2.60. The van der Waals surface area contributed by atoms with Gasteiger partial charge in [0.1, 0.15) is 5.60 Å². The van der Waals surface area contributed by atoms with Gasteiger partial charge in [-0.15, -0.1) is 0 Å². The average Bonchev–Trinajstić information content (AvgIpc) is 3.42. The van der Waals surface area contributed by atoms with Gasteiger partial charge in [0.15, 0.2) is 18.9 Å². The first kappa shape index (κ1) is 37.8. The van der Waals surface area contributed by atoms with E-state index in [0.717, 1.165) is 90.3 Å². The summed E-state index contributed by atoms with van der Waals surface area (Å²) in [5, 5.41) is 0. The highest BCUT2D eigenvalue weighted by molar-refractivity contribution is 5.40. The highest BCUT2D eigenvalue weighted by atomic mass is 19.3. The topological polar surface area (TPSA) is 55.4 Å². The van der Waals surface area contributed by atoms with Gasteiger partial charge in [0, 0.05) is 38.1 Å². The molecule has 0 aromatic rings. The van der Waals surface area contributed by atoms with Crippen molar-refractivity contribution >= 4 is 0 Å². The molecule has 3 saturated carbocycles. The van der Waals surface area contributed by atoms with E-state index < -0.39 is 17.8 Å². The number of rotatable bonds is 13. The van der Waals surface area contributed by atoms with Crippen molar-refractivity contribution in [2.45, 2.75) is 181 Å². The van der Waals surface area contributed by atoms with E-state index in [0.29, 0.717) is 30.8 Å². The van der Waals surface area contributed by atoms with Crippen LogP contribution < -0.4 is 0 Å². The van der Waals surface area contributed by atoms with Gasteiger partial charge in [0.2, 0.25) is 0 Å². The van der Waals surface area contributed by atoms with Gasteiger partial charge in [-0.25, -0.2) is 8.78 Å². The van der Waals surface area contributed by atoms with Crippen LogP contribution in [0.15, 0.2) is 23.3 Å². The Morgan fingerprint density at radius 3 is 2.24 bits per heavy atom. The molecule has 0 amide bonds. The van der Waals surface area contributed by atoms with Crippen molar-refractivity contribution < 1.29 is 37.2 Å². The molecule has 5 fully saturated rings. The van der Waals surface area contributed by atoms with Crippen molar-refractivity contribution in [3.63, 3.8) is 0 Å². The van der Waals surface area contributed by atoms with Gasteiger partial charge in [-0.05, 0) is 134 Å². The van der Waals surface area contributed by atoms with E-state index in [9.17, 15) is 0 Å². The summed E-state index contributed by atoms with van der Waals surface area (Å²) >= 11 is 0. The van der Waals surface area contributed by atoms with E-state index >= 15 is 8.78 Å². The SMILES string of the molecule is CCOC(C)OC(C)(C)C(F)(F)CC[C@@H](C)[C@H]1CC[C@H]2C3=CC=C4C[C@@H](OC5CCCCO5)C[C@H](OC5CCCCO5)[C@]4(C)[C@H]3CC[C@]12C. The fraction of sp³-hybridized carbons (Fsp3) is 0.902. The lowest BCUT2D eigenvalue weighted by Gasteiger charge is -2.58. The molecule has 8 heteroatoms. The Bertz CT molecular complexity index is 1170. The number of allylic oxidation sites excluding steroid dienone is 3. The summed E-state index contributed by atoms with van der Waals surface area (Å²) in [7, 11) is 0. The Morgan fingerprint density at radius 2 is 1.59 bits per heavy atom. The normalized spacial score (nSPS) is 39.7. The molecule has 0 N–H and O–H groups in total. The molecule has 3 unspecified atom stereocenters. The largest absolute Gasteiger partial charge is 0.353 e. The van der Waals surface area contributed by atoms with Crippen LogP contribution in [-0.4, -0.2) is 62.4 Å². The number of alkyl halides is 2. The fourth-order valence-electron chi connectivity index (χ4n) is 11.0. The smallest absolute Gasteiger partial charge is 0.276 e. The number of hydrogen-bond acceptors (Lipinski definition) is 6. The van der Waals surface area contributed by atoms with Crippen LogP contribution in [0.2, 0.25) is 0 Å². The molecule has 49 heavy (non-hydrogen) atoms. The fourth-order valence-corrected chi connectivity index (χ4v) is 11.0. The molecule has 0 spiro atoms. The van der Waals surface area contributed by atoms with Crippen molar-refractivity contribution in [2.75, 3.05) is 19.8 Å². The van der Waals surface area contributed by atoms with Crippen LogP contribution in [0.4, 0.5) is 8.78 Å². The Morgan fingerprint density at radius 1 is 0.898 bits per heavy atom. The second kappa shape index (κ2) is 15.2. The number of fused-ring (bicyclic) bond motifs is 5. The monoisotopic (exact) mass is 692 g/mol. The van der Waals surface area contributed by atoms with E-state index in [1.165, 1.54) is 19.4 Å². The van der Waals surface area contributed by atoms with Crippen LogP contribution in [0.3, 0.4) is 0 Å². The minimum absolute atomic E-state index is 0.0108. The van der Waals surface area contributed by atoms with Gasteiger partial charge in [0.05, 0.1) is 12.2 Å².